The van der Waals surface area contributed by atoms with Gasteiger partial charge in [0.05, 0.1) is 13.2 Å². The van der Waals surface area contributed by atoms with E-state index in [4.69, 9.17) is 10.5 Å². The summed E-state index contributed by atoms with van der Waals surface area (Å²) in [6.07, 6.45) is 2.39. The van der Waals surface area contributed by atoms with Crippen LogP contribution in [0.15, 0.2) is 0 Å². The second kappa shape index (κ2) is 3.18. The highest BCUT2D eigenvalue weighted by Gasteiger charge is 2.17. The predicted octanol–water partition coefficient (Wildman–Crippen LogP) is 0.760. The minimum Gasteiger partial charge on any atom is -0.381 e. The van der Waals surface area contributed by atoms with Gasteiger partial charge in [0.15, 0.2) is 0 Å². The van der Waals surface area contributed by atoms with Gasteiger partial charge in [0, 0.05) is 12.0 Å². The van der Waals surface area contributed by atoms with Crippen LogP contribution >= 0.6 is 0 Å². The highest BCUT2D eigenvalue weighted by Crippen LogP contribution is 2.16. The van der Waals surface area contributed by atoms with Gasteiger partial charge in [-0.05, 0) is 19.8 Å². The standard InChI is InChI=1S/C7H15NO/c1-6(8)2-3-7-4-9-5-7/h6-7H,2-5,8H2,1H3. The third kappa shape index (κ3) is 2.33. The van der Waals surface area contributed by atoms with Crippen LogP contribution in [0.5, 0.6) is 0 Å². The lowest BCUT2D eigenvalue weighted by Crippen LogP contribution is -2.29. The fraction of sp³-hybridized carbons (Fsp3) is 1.00. The van der Waals surface area contributed by atoms with Crippen molar-refractivity contribution >= 4 is 0 Å². The van der Waals surface area contributed by atoms with Crippen molar-refractivity contribution in [1.29, 1.82) is 0 Å². The largest absolute Gasteiger partial charge is 0.381 e. The minimum atomic E-state index is 0.366. The highest BCUT2D eigenvalue weighted by atomic mass is 16.5. The number of nitrogens with two attached hydrogens (primary N) is 1. The summed E-state index contributed by atoms with van der Waals surface area (Å²) in [6, 6.07) is 0.366. The van der Waals surface area contributed by atoms with Gasteiger partial charge in [-0.1, -0.05) is 0 Å². The number of ether oxygens (including phenoxy) is 1. The molecular weight excluding hydrogens is 114 g/mol. The summed E-state index contributed by atoms with van der Waals surface area (Å²) in [5, 5.41) is 0. The quantitative estimate of drug-likeness (QED) is 0.610. The van der Waals surface area contributed by atoms with E-state index in [-0.39, 0.29) is 0 Å². The van der Waals surface area contributed by atoms with E-state index in [1.807, 2.05) is 0 Å². The minimum absolute atomic E-state index is 0.366. The number of hydrogen-bond donors (Lipinski definition) is 1. The van der Waals surface area contributed by atoms with E-state index in [0.717, 1.165) is 25.6 Å². The molecule has 0 radical (unpaired) electrons. The van der Waals surface area contributed by atoms with Gasteiger partial charge in [0.25, 0.3) is 0 Å². The van der Waals surface area contributed by atoms with Crippen molar-refractivity contribution in [3.63, 3.8) is 0 Å². The van der Waals surface area contributed by atoms with Crippen LogP contribution in [0, 0.1) is 5.92 Å². The summed E-state index contributed by atoms with van der Waals surface area (Å²) in [7, 11) is 0. The van der Waals surface area contributed by atoms with Crippen LogP contribution in [0.1, 0.15) is 19.8 Å². The van der Waals surface area contributed by atoms with Gasteiger partial charge in [0.1, 0.15) is 0 Å². The van der Waals surface area contributed by atoms with Crippen LogP contribution in [0.2, 0.25) is 0 Å². The molecule has 0 amide bonds. The third-order valence-corrected chi connectivity index (χ3v) is 1.74. The molecule has 0 aliphatic carbocycles. The van der Waals surface area contributed by atoms with Gasteiger partial charge >= 0.3 is 0 Å². The molecule has 1 fully saturated rings. The van der Waals surface area contributed by atoms with Gasteiger partial charge in [-0.2, -0.15) is 0 Å². The molecule has 1 atom stereocenters. The maximum absolute atomic E-state index is 5.58. The third-order valence-electron chi connectivity index (χ3n) is 1.74. The van der Waals surface area contributed by atoms with Crippen molar-refractivity contribution in [2.75, 3.05) is 13.2 Å². The lowest BCUT2D eigenvalue weighted by atomic mass is 9.99. The molecule has 1 aliphatic rings. The fourth-order valence-corrected chi connectivity index (χ4v) is 0.950. The Balaban J connectivity index is 1.91. The molecule has 0 saturated carbocycles. The lowest BCUT2D eigenvalue weighted by molar-refractivity contribution is -0.0367. The zero-order chi connectivity index (χ0) is 6.69. The van der Waals surface area contributed by atoms with Crippen molar-refractivity contribution in [2.24, 2.45) is 11.7 Å². The summed E-state index contributed by atoms with van der Waals surface area (Å²) >= 11 is 0. The summed E-state index contributed by atoms with van der Waals surface area (Å²) in [4.78, 5) is 0. The average molecular weight is 129 g/mol. The molecule has 0 aromatic rings. The van der Waals surface area contributed by atoms with E-state index in [0.29, 0.717) is 6.04 Å². The van der Waals surface area contributed by atoms with Gasteiger partial charge in [-0.25, -0.2) is 0 Å². The first-order chi connectivity index (χ1) is 4.29. The topological polar surface area (TPSA) is 35.2 Å². The molecule has 2 heteroatoms. The van der Waals surface area contributed by atoms with Crippen LogP contribution in [0.4, 0.5) is 0 Å². The van der Waals surface area contributed by atoms with E-state index in [2.05, 4.69) is 6.92 Å². The molecule has 9 heavy (non-hydrogen) atoms. The normalized spacial score (nSPS) is 23.3. The SMILES string of the molecule is CC(N)CCC1COC1. The molecule has 1 heterocycles. The molecule has 0 spiro atoms. The van der Waals surface area contributed by atoms with Crippen molar-refractivity contribution in [2.45, 2.75) is 25.8 Å². The van der Waals surface area contributed by atoms with Crippen LogP contribution in [0.25, 0.3) is 0 Å². The first kappa shape index (κ1) is 7.03. The van der Waals surface area contributed by atoms with Crippen molar-refractivity contribution in [3.8, 4) is 0 Å². The van der Waals surface area contributed by atoms with Crippen LogP contribution in [-0.4, -0.2) is 19.3 Å². The van der Waals surface area contributed by atoms with Crippen LogP contribution in [0.3, 0.4) is 0 Å². The van der Waals surface area contributed by atoms with E-state index < -0.39 is 0 Å². The van der Waals surface area contributed by atoms with Gasteiger partial charge in [0.2, 0.25) is 0 Å². The zero-order valence-electron chi connectivity index (χ0n) is 5.97. The van der Waals surface area contributed by atoms with E-state index >= 15 is 0 Å². The summed E-state index contributed by atoms with van der Waals surface area (Å²) < 4.78 is 5.03. The maximum Gasteiger partial charge on any atom is 0.0516 e. The molecule has 1 saturated heterocycles. The van der Waals surface area contributed by atoms with Gasteiger partial charge < -0.3 is 10.5 Å². The fourth-order valence-electron chi connectivity index (χ4n) is 0.950. The second-order valence-electron chi connectivity index (χ2n) is 2.96. The highest BCUT2D eigenvalue weighted by molar-refractivity contribution is 4.67. The molecule has 0 aromatic carbocycles. The van der Waals surface area contributed by atoms with Gasteiger partial charge in [-0.15, -0.1) is 0 Å². The van der Waals surface area contributed by atoms with Crippen molar-refractivity contribution in [1.82, 2.24) is 0 Å². The van der Waals surface area contributed by atoms with Crippen molar-refractivity contribution < 1.29 is 4.74 Å². The van der Waals surface area contributed by atoms with Crippen LogP contribution < -0.4 is 5.73 Å². The predicted molar refractivity (Wildman–Crippen MR) is 37.2 cm³/mol. The van der Waals surface area contributed by atoms with E-state index in [1.54, 1.807) is 0 Å². The Morgan fingerprint density at radius 3 is 2.67 bits per heavy atom. The molecule has 54 valence electrons. The lowest BCUT2D eigenvalue weighted by Gasteiger charge is -2.26. The molecule has 2 nitrogen and oxygen atoms in total. The first-order valence-corrected chi connectivity index (χ1v) is 3.62. The maximum atomic E-state index is 5.58. The Bertz CT molecular complexity index is 79.0. The van der Waals surface area contributed by atoms with Crippen molar-refractivity contribution in [3.05, 3.63) is 0 Å². The smallest absolute Gasteiger partial charge is 0.0516 e. The Morgan fingerprint density at radius 1 is 1.67 bits per heavy atom. The number of rotatable bonds is 3. The summed E-state index contributed by atoms with van der Waals surface area (Å²) in [5.74, 6) is 0.816. The Labute approximate surface area is 56.4 Å². The molecule has 1 rings (SSSR count). The molecule has 0 bridgehead atoms. The molecule has 0 aromatic heterocycles. The Hall–Kier alpha value is -0.0800. The molecule has 1 unspecified atom stereocenters. The Kier molecular flexibility index (Phi) is 2.49. The average Bonchev–Trinajstić information content (AvgIpc) is 1.60. The zero-order valence-corrected chi connectivity index (χ0v) is 5.97. The van der Waals surface area contributed by atoms with Crippen LogP contribution in [-0.2, 0) is 4.74 Å². The van der Waals surface area contributed by atoms with E-state index in [1.165, 1.54) is 6.42 Å². The monoisotopic (exact) mass is 129 g/mol. The number of hydrogen-bond acceptors (Lipinski definition) is 2. The Morgan fingerprint density at radius 2 is 2.33 bits per heavy atom. The summed E-state index contributed by atoms with van der Waals surface area (Å²) in [5.41, 5.74) is 5.58. The molecular formula is C7H15NO. The molecule has 2 N–H and O–H groups in total. The van der Waals surface area contributed by atoms with E-state index in [9.17, 15) is 0 Å². The van der Waals surface area contributed by atoms with Gasteiger partial charge in [-0.3, -0.25) is 0 Å². The molecule has 1 aliphatic heterocycles. The summed E-state index contributed by atoms with van der Waals surface area (Å²) in [6.45, 7) is 3.99. The first-order valence-electron chi connectivity index (χ1n) is 3.62. The second-order valence-corrected chi connectivity index (χ2v) is 2.96.